The molecule has 30 heavy (non-hydrogen) atoms. The van der Waals surface area contributed by atoms with Crippen LogP contribution < -0.4 is 5.56 Å². The van der Waals surface area contributed by atoms with Gasteiger partial charge in [-0.05, 0) is 80.6 Å². The minimum Gasteiger partial charge on any atom is -0.321 e. The summed E-state index contributed by atoms with van der Waals surface area (Å²) in [7, 11) is 0. The number of pyridine rings is 1. The van der Waals surface area contributed by atoms with Crippen molar-refractivity contribution in [3.8, 4) is 0 Å². The van der Waals surface area contributed by atoms with Crippen LogP contribution in [0.25, 0.3) is 10.9 Å². The fraction of sp³-hybridized carbons (Fsp3) is 0.565. The first-order chi connectivity index (χ1) is 14.4. The van der Waals surface area contributed by atoms with Crippen LogP contribution in [0.15, 0.2) is 29.1 Å². The van der Waals surface area contributed by atoms with Crippen LogP contribution in [0.3, 0.4) is 0 Å². The van der Waals surface area contributed by atoms with Gasteiger partial charge >= 0.3 is 0 Å². The molecule has 1 atom stereocenters. The van der Waals surface area contributed by atoms with E-state index in [1.165, 1.54) is 12.8 Å². The fourth-order valence-electron chi connectivity index (χ4n) is 4.40. The highest BCUT2D eigenvalue weighted by Gasteiger charge is 2.34. The van der Waals surface area contributed by atoms with Gasteiger partial charge in [0, 0.05) is 5.56 Å². The van der Waals surface area contributed by atoms with E-state index in [0.717, 1.165) is 60.2 Å². The molecular weight excluding hydrogens is 376 g/mol. The van der Waals surface area contributed by atoms with E-state index in [9.17, 15) is 4.79 Å². The highest BCUT2D eigenvalue weighted by molar-refractivity contribution is 5.82. The number of nitrogens with zero attached hydrogens (tertiary/aromatic N) is 5. The molecule has 0 unspecified atom stereocenters. The summed E-state index contributed by atoms with van der Waals surface area (Å²) in [4.78, 5) is 18.9. The molecule has 1 aromatic carbocycles. The van der Waals surface area contributed by atoms with Crippen molar-refractivity contribution in [3.63, 3.8) is 0 Å². The van der Waals surface area contributed by atoms with E-state index in [-0.39, 0.29) is 17.1 Å². The van der Waals surface area contributed by atoms with E-state index < -0.39 is 0 Å². The van der Waals surface area contributed by atoms with Crippen LogP contribution in [0.2, 0.25) is 0 Å². The second kappa shape index (κ2) is 8.30. The SMILES string of the molecule is CCC(C)(C)n1nnnc1[C@H](c1cc2cccc(C)c2[nH]c1=O)N1CCCCCC1. The van der Waals surface area contributed by atoms with Gasteiger partial charge in [0.15, 0.2) is 5.82 Å². The molecule has 1 saturated heterocycles. The molecule has 7 nitrogen and oxygen atoms in total. The van der Waals surface area contributed by atoms with Gasteiger partial charge in [-0.15, -0.1) is 5.10 Å². The third kappa shape index (κ3) is 3.78. The monoisotopic (exact) mass is 408 g/mol. The number of hydrogen-bond donors (Lipinski definition) is 1. The second-order valence-electron chi connectivity index (χ2n) is 9.06. The Labute approximate surface area is 177 Å². The molecule has 0 aliphatic carbocycles. The molecule has 1 aliphatic heterocycles. The Bertz CT molecular complexity index is 1070. The van der Waals surface area contributed by atoms with Crippen molar-refractivity contribution in [3.05, 3.63) is 51.6 Å². The number of aryl methyl sites for hydroxylation is 1. The number of likely N-dealkylation sites (tertiary alicyclic amines) is 1. The topological polar surface area (TPSA) is 79.7 Å². The lowest BCUT2D eigenvalue weighted by Gasteiger charge is -2.32. The number of aromatic nitrogens is 5. The Morgan fingerprint density at radius 1 is 1.17 bits per heavy atom. The maximum atomic E-state index is 13.3. The Morgan fingerprint density at radius 2 is 1.90 bits per heavy atom. The molecule has 4 rings (SSSR count). The lowest BCUT2D eigenvalue weighted by Crippen LogP contribution is -2.38. The Hall–Kier alpha value is -2.54. The molecule has 0 amide bonds. The van der Waals surface area contributed by atoms with Gasteiger partial charge in [0.05, 0.1) is 11.1 Å². The summed E-state index contributed by atoms with van der Waals surface area (Å²) in [6.45, 7) is 10.3. The number of aromatic amines is 1. The summed E-state index contributed by atoms with van der Waals surface area (Å²) in [6, 6.07) is 7.88. The van der Waals surface area contributed by atoms with Crippen molar-refractivity contribution in [2.45, 2.75) is 71.4 Å². The number of H-pyrrole nitrogens is 1. The van der Waals surface area contributed by atoms with Crippen LogP contribution in [0, 0.1) is 6.92 Å². The van der Waals surface area contributed by atoms with Crippen molar-refractivity contribution < 1.29 is 0 Å². The molecule has 0 spiro atoms. The molecule has 3 heterocycles. The number of hydrogen-bond acceptors (Lipinski definition) is 5. The fourth-order valence-corrected chi connectivity index (χ4v) is 4.40. The Kier molecular flexibility index (Phi) is 5.73. The highest BCUT2D eigenvalue weighted by Crippen LogP contribution is 2.32. The standard InChI is InChI=1S/C23H32N6O/c1-5-23(3,4)29-21(25-26-27-29)20(28-13-8-6-7-9-14-28)18-15-17-12-10-11-16(2)19(17)24-22(18)30/h10-12,15,20H,5-9,13-14H2,1-4H3,(H,24,30)/t20-/m0/s1. The molecule has 1 aliphatic rings. The van der Waals surface area contributed by atoms with Gasteiger partial charge in [-0.25, -0.2) is 4.68 Å². The summed E-state index contributed by atoms with van der Waals surface area (Å²) in [5.41, 5.74) is 2.39. The zero-order chi connectivity index (χ0) is 21.3. The van der Waals surface area contributed by atoms with Crippen LogP contribution in [0.5, 0.6) is 0 Å². The zero-order valence-electron chi connectivity index (χ0n) is 18.5. The summed E-state index contributed by atoms with van der Waals surface area (Å²) >= 11 is 0. The van der Waals surface area contributed by atoms with Gasteiger partial charge in [0.2, 0.25) is 0 Å². The minimum atomic E-state index is -0.266. The number of fused-ring (bicyclic) bond motifs is 1. The highest BCUT2D eigenvalue weighted by atomic mass is 16.1. The van der Waals surface area contributed by atoms with Crippen LogP contribution in [-0.4, -0.2) is 43.2 Å². The number of tetrazole rings is 1. The Morgan fingerprint density at radius 3 is 2.60 bits per heavy atom. The van der Waals surface area contributed by atoms with Crippen molar-refractivity contribution in [2.75, 3.05) is 13.1 Å². The molecule has 0 radical (unpaired) electrons. The van der Waals surface area contributed by atoms with Crippen molar-refractivity contribution in [1.29, 1.82) is 0 Å². The van der Waals surface area contributed by atoms with Gasteiger partial charge in [-0.3, -0.25) is 9.69 Å². The quantitative estimate of drug-likeness (QED) is 0.692. The molecule has 7 heteroatoms. The van der Waals surface area contributed by atoms with E-state index in [4.69, 9.17) is 0 Å². The average Bonchev–Trinajstić information content (AvgIpc) is 3.06. The molecule has 1 N–H and O–H groups in total. The molecule has 0 bridgehead atoms. The lowest BCUT2D eigenvalue weighted by molar-refractivity contribution is 0.202. The minimum absolute atomic E-state index is 0.0603. The van der Waals surface area contributed by atoms with Gasteiger partial charge in [-0.1, -0.05) is 38.0 Å². The smallest absolute Gasteiger partial charge is 0.253 e. The van der Waals surface area contributed by atoms with E-state index in [1.54, 1.807) is 0 Å². The second-order valence-corrected chi connectivity index (χ2v) is 9.06. The van der Waals surface area contributed by atoms with Crippen LogP contribution in [0.1, 0.15) is 75.9 Å². The van der Waals surface area contributed by atoms with Gasteiger partial charge in [0.1, 0.15) is 6.04 Å². The molecule has 3 aromatic rings. The van der Waals surface area contributed by atoms with Gasteiger partial charge in [0.25, 0.3) is 5.56 Å². The normalized spacial score (nSPS) is 17.2. The van der Waals surface area contributed by atoms with Crippen molar-refractivity contribution >= 4 is 10.9 Å². The van der Waals surface area contributed by atoms with Crippen molar-refractivity contribution in [1.82, 2.24) is 30.1 Å². The molecule has 160 valence electrons. The van der Waals surface area contributed by atoms with Gasteiger partial charge < -0.3 is 4.98 Å². The van der Waals surface area contributed by atoms with Crippen LogP contribution in [0.4, 0.5) is 0 Å². The maximum Gasteiger partial charge on any atom is 0.253 e. The van der Waals surface area contributed by atoms with Crippen LogP contribution in [-0.2, 0) is 5.54 Å². The predicted octanol–water partition coefficient (Wildman–Crippen LogP) is 3.93. The summed E-state index contributed by atoms with van der Waals surface area (Å²) in [6.07, 6.45) is 5.59. The predicted molar refractivity (Wildman–Crippen MR) is 119 cm³/mol. The maximum absolute atomic E-state index is 13.3. The zero-order valence-corrected chi connectivity index (χ0v) is 18.5. The summed E-state index contributed by atoms with van der Waals surface area (Å²) in [5.74, 6) is 0.751. The average molecular weight is 409 g/mol. The first kappa shape index (κ1) is 20.7. The molecule has 0 saturated carbocycles. The Balaban J connectivity index is 1.91. The number of benzene rings is 1. The molecule has 2 aromatic heterocycles. The van der Waals surface area contributed by atoms with Crippen molar-refractivity contribution in [2.24, 2.45) is 0 Å². The van der Waals surface area contributed by atoms with E-state index in [0.29, 0.717) is 0 Å². The third-order valence-electron chi connectivity index (χ3n) is 6.59. The van der Waals surface area contributed by atoms with E-state index in [1.807, 2.05) is 29.8 Å². The number of para-hydroxylation sites is 1. The first-order valence-corrected chi connectivity index (χ1v) is 11.1. The third-order valence-corrected chi connectivity index (χ3v) is 6.59. The number of nitrogens with one attached hydrogen (secondary N) is 1. The summed E-state index contributed by atoms with van der Waals surface area (Å²) in [5, 5.41) is 13.9. The van der Waals surface area contributed by atoms with Gasteiger partial charge in [-0.2, -0.15) is 0 Å². The number of rotatable bonds is 5. The first-order valence-electron chi connectivity index (χ1n) is 11.1. The summed E-state index contributed by atoms with van der Waals surface area (Å²) < 4.78 is 1.92. The largest absolute Gasteiger partial charge is 0.321 e. The van der Waals surface area contributed by atoms with E-state index in [2.05, 4.69) is 52.2 Å². The van der Waals surface area contributed by atoms with Crippen LogP contribution >= 0.6 is 0 Å². The molecular formula is C23H32N6O. The lowest BCUT2D eigenvalue weighted by atomic mass is 9.98. The van der Waals surface area contributed by atoms with E-state index >= 15 is 0 Å². The molecule has 1 fully saturated rings.